The fourth-order valence-corrected chi connectivity index (χ4v) is 1.95. The molecule has 0 aliphatic heterocycles. The average molecular weight is 283 g/mol. The number of hydrogen-bond acceptors (Lipinski definition) is 3. The molecule has 1 heterocycles. The van der Waals surface area contributed by atoms with Crippen LogP contribution in [0, 0.1) is 0 Å². The van der Waals surface area contributed by atoms with Gasteiger partial charge in [0.15, 0.2) is 0 Å². The number of pyridine rings is 1. The molecule has 2 aromatic rings. The van der Waals surface area contributed by atoms with Crippen LogP contribution in [0.4, 0.5) is 0 Å². The molecule has 18 heavy (non-hydrogen) atoms. The van der Waals surface area contributed by atoms with Crippen molar-refractivity contribution < 1.29 is 4.74 Å². The molecule has 0 aliphatic carbocycles. The molecule has 0 saturated heterocycles. The van der Waals surface area contributed by atoms with Gasteiger partial charge in [-0.15, -0.1) is 0 Å². The molecular weight excluding hydrogens is 271 g/mol. The highest BCUT2D eigenvalue weighted by molar-refractivity contribution is 6.34. The minimum Gasteiger partial charge on any atom is -0.456 e. The van der Waals surface area contributed by atoms with Gasteiger partial charge in [-0.1, -0.05) is 23.2 Å². The van der Waals surface area contributed by atoms with Crippen molar-refractivity contribution in [3.05, 3.63) is 52.3 Å². The van der Waals surface area contributed by atoms with E-state index in [1.54, 1.807) is 30.5 Å². The predicted octanol–water partition coefficient (Wildman–Crippen LogP) is 4.20. The Labute approximate surface area is 115 Å². The van der Waals surface area contributed by atoms with Crippen LogP contribution in [0.5, 0.6) is 11.5 Å². The first-order chi connectivity index (χ1) is 8.54. The molecule has 0 bridgehead atoms. The summed E-state index contributed by atoms with van der Waals surface area (Å²) in [4.78, 5) is 4.20. The van der Waals surface area contributed by atoms with E-state index in [2.05, 4.69) is 4.98 Å². The van der Waals surface area contributed by atoms with Gasteiger partial charge in [-0.25, -0.2) is 0 Å². The number of hydrogen-bond donors (Lipinski definition) is 1. The Morgan fingerprint density at radius 3 is 2.28 bits per heavy atom. The fraction of sp³-hybridized carbons (Fsp3) is 0.154. The molecule has 2 rings (SSSR count). The van der Waals surface area contributed by atoms with E-state index in [0.29, 0.717) is 21.5 Å². The van der Waals surface area contributed by atoms with Crippen molar-refractivity contribution in [2.75, 3.05) is 0 Å². The molecule has 1 aromatic heterocycles. The zero-order chi connectivity index (χ0) is 13.1. The quantitative estimate of drug-likeness (QED) is 0.918. The summed E-state index contributed by atoms with van der Waals surface area (Å²) in [7, 11) is 0. The van der Waals surface area contributed by atoms with Gasteiger partial charge in [0.2, 0.25) is 0 Å². The minimum absolute atomic E-state index is 0.0975. The Morgan fingerprint density at radius 1 is 1.11 bits per heavy atom. The number of aromatic nitrogens is 1. The maximum Gasteiger partial charge on any atom is 0.145 e. The summed E-state index contributed by atoms with van der Waals surface area (Å²) in [5.74, 6) is 1.18. The fourth-order valence-electron chi connectivity index (χ4n) is 1.44. The smallest absolute Gasteiger partial charge is 0.145 e. The molecule has 2 N–H and O–H groups in total. The van der Waals surface area contributed by atoms with E-state index in [1.165, 1.54) is 0 Å². The lowest BCUT2D eigenvalue weighted by Crippen LogP contribution is -2.06. The van der Waals surface area contributed by atoms with Crippen molar-refractivity contribution >= 4 is 23.2 Å². The molecule has 3 nitrogen and oxygen atoms in total. The van der Waals surface area contributed by atoms with Gasteiger partial charge >= 0.3 is 0 Å². The second kappa shape index (κ2) is 5.57. The number of nitrogens with zero attached hydrogens (tertiary/aromatic N) is 1. The number of ether oxygens (including phenoxy) is 1. The van der Waals surface area contributed by atoms with E-state index in [4.69, 9.17) is 33.7 Å². The van der Waals surface area contributed by atoms with E-state index >= 15 is 0 Å². The lowest BCUT2D eigenvalue weighted by molar-refractivity contribution is 0.479. The number of benzene rings is 1. The molecule has 0 saturated carbocycles. The molecule has 0 amide bonds. The van der Waals surface area contributed by atoms with Crippen LogP contribution >= 0.6 is 23.2 Å². The van der Waals surface area contributed by atoms with Crippen LogP contribution in [0.3, 0.4) is 0 Å². The Balaban J connectivity index is 2.18. The second-order valence-electron chi connectivity index (χ2n) is 3.91. The first-order valence-corrected chi connectivity index (χ1v) is 6.15. The standard InChI is InChI=1S/C13H12Cl2N2O/c1-8(16)13-3-2-11(7-17-13)18-12-5-9(14)4-10(15)6-12/h2-8H,16H2,1H3. The maximum absolute atomic E-state index is 5.89. The van der Waals surface area contributed by atoms with Crippen LogP contribution in [0.2, 0.25) is 10.0 Å². The van der Waals surface area contributed by atoms with Crippen LogP contribution in [0.1, 0.15) is 18.7 Å². The van der Waals surface area contributed by atoms with Crippen LogP contribution < -0.4 is 10.5 Å². The number of rotatable bonds is 3. The van der Waals surface area contributed by atoms with Crippen LogP contribution in [-0.2, 0) is 0 Å². The van der Waals surface area contributed by atoms with Crippen LogP contribution in [-0.4, -0.2) is 4.98 Å². The van der Waals surface area contributed by atoms with Crippen molar-refractivity contribution in [1.29, 1.82) is 0 Å². The van der Waals surface area contributed by atoms with Gasteiger partial charge in [0.1, 0.15) is 11.5 Å². The lowest BCUT2D eigenvalue weighted by atomic mass is 10.2. The molecule has 1 unspecified atom stereocenters. The molecule has 0 radical (unpaired) electrons. The topological polar surface area (TPSA) is 48.1 Å². The van der Waals surface area contributed by atoms with Gasteiger partial charge in [-0.2, -0.15) is 0 Å². The molecule has 0 fully saturated rings. The maximum atomic E-state index is 5.89. The molecular formula is C13H12Cl2N2O. The zero-order valence-corrected chi connectivity index (χ0v) is 11.2. The third-order valence-corrected chi connectivity index (χ3v) is 2.73. The van der Waals surface area contributed by atoms with Crippen LogP contribution in [0.15, 0.2) is 36.5 Å². The van der Waals surface area contributed by atoms with E-state index < -0.39 is 0 Å². The zero-order valence-electron chi connectivity index (χ0n) is 9.73. The monoisotopic (exact) mass is 282 g/mol. The first kappa shape index (κ1) is 13.1. The molecule has 1 atom stereocenters. The molecule has 5 heteroatoms. The van der Waals surface area contributed by atoms with Gasteiger partial charge in [0.25, 0.3) is 0 Å². The van der Waals surface area contributed by atoms with Crippen LogP contribution in [0.25, 0.3) is 0 Å². The largest absolute Gasteiger partial charge is 0.456 e. The Bertz CT molecular complexity index is 521. The SMILES string of the molecule is CC(N)c1ccc(Oc2cc(Cl)cc(Cl)c2)cn1. The van der Waals surface area contributed by atoms with Crippen molar-refractivity contribution in [3.63, 3.8) is 0 Å². The Kier molecular flexibility index (Phi) is 4.07. The van der Waals surface area contributed by atoms with E-state index in [9.17, 15) is 0 Å². The highest BCUT2D eigenvalue weighted by Crippen LogP contribution is 2.28. The normalized spacial score (nSPS) is 12.2. The van der Waals surface area contributed by atoms with E-state index in [-0.39, 0.29) is 6.04 Å². The number of nitrogens with two attached hydrogens (primary N) is 1. The molecule has 1 aromatic carbocycles. The highest BCUT2D eigenvalue weighted by Gasteiger charge is 2.04. The molecule has 94 valence electrons. The van der Waals surface area contributed by atoms with Gasteiger partial charge in [-0.3, -0.25) is 4.98 Å². The van der Waals surface area contributed by atoms with Crippen molar-refractivity contribution in [2.24, 2.45) is 5.73 Å². The highest BCUT2D eigenvalue weighted by atomic mass is 35.5. The summed E-state index contributed by atoms with van der Waals surface area (Å²) in [6, 6.07) is 8.56. The summed E-state index contributed by atoms with van der Waals surface area (Å²) in [5, 5.41) is 1.05. The van der Waals surface area contributed by atoms with Gasteiger partial charge in [-0.05, 0) is 37.3 Å². The van der Waals surface area contributed by atoms with Crippen molar-refractivity contribution in [1.82, 2.24) is 4.98 Å². The lowest BCUT2D eigenvalue weighted by Gasteiger charge is -2.08. The Hall–Kier alpha value is -1.29. The van der Waals surface area contributed by atoms with Crippen molar-refractivity contribution in [3.8, 4) is 11.5 Å². The minimum atomic E-state index is -0.0975. The summed E-state index contributed by atoms with van der Waals surface area (Å²) < 4.78 is 5.60. The van der Waals surface area contributed by atoms with Gasteiger partial charge < -0.3 is 10.5 Å². The summed E-state index contributed by atoms with van der Waals surface area (Å²) in [5.41, 5.74) is 6.53. The average Bonchev–Trinajstić information content (AvgIpc) is 2.28. The summed E-state index contributed by atoms with van der Waals surface area (Å²) in [6.07, 6.45) is 1.62. The Morgan fingerprint density at radius 2 is 1.78 bits per heavy atom. The molecule has 0 spiro atoms. The third kappa shape index (κ3) is 3.35. The van der Waals surface area contributed by atoms with Crippen molar-refractivity contribution in [2.45, 2.75) is 13.0 Å². The van der Waals surface area contributed by atoms with Gasteiger partial charge in [0.05, 0.1) is 11.9 Å². The third-order valence-electron chi connectivity index (χ3n) is 2.30. The van der Waals surface area contributed by atoms with E-state index in [0.717, 1.165) is 5.69 Å². The van der Waals surface area contributed by atoms with Gasteiger partial charge in [0, 0.05) is 16.1 Å². The second-order valence-corrected chi connectivity index (χ2v) is 4.79. The summed E-state index contributed by atoms with van der Waals surface area (Å²) >= 11 is 11.8. The molecule has 0 aliphatic rings. The number of halogens is 2. The van der Waals surface area contributed by atoms with E-state index in [1.807, 2.05) is 13.0 Å². The predicted molar refractivity (Wildman–Crippen MR) is 73.4 cm³/mol. The summed E-state index contributed by atoms with van der Waals surface area (Å²) in [6.45, 7) is 1.87. The first-order valence-electron chi connectivity index (χ1n) is 5.40.